The van der Waals surface area contributed by atoms with Gasteiger partial charge in [0.05, 0.1) is 0 Å². The van der Waals surface area contributed by atoms with Crippen LogP contribution in [0.3, 0.4) is 0 Å². The van der Waals surface area contributed by atoms with Crippen molar-refractivity contribution >= 4 is 17.3 Å². The summed E-state index contributed by atoms with van der Waals surface area (Å²) in [5.74, 6) is 0.826. The highest BCUT2D eigenvalue weighted by Gasteiger charge is 2.20. The molecule has 4 nitrogen and oxygen atoms in total. The van der Waals surface area contributed by atoms with Crippen molar-refractivity contribution in [3.8, 4) is 11.4 Å². The molecule has 1 aromatic heterocycles. The summed E-state index contributed by atoms with van der Waals surface area (Å²) in [7, 11) is 0. The predicted octanol–water partition coefficient (Wildman–Crippen LogP) is 3.69. The van der Waals surface area contributed by atoms with Crippen LogP contribution >= 0.6 is 11.6 Å². The molecule has 0 saturated heterocycles. The van der Waals surface area contributed by atoms with Gasteiger partial charge >= 0.3 is 0 Å². The third kappa shape index (κ3) is 2.45. The Morgan fingerprint density at radius 2 is 2.00 bits per heavy atom. The van der Waals surface area contributed by atoms with Crippen LogP contribution in [0.1, 0.15) is 38.1 Å². The quantitative estimate of drug-likeness (QED) is 0.851. The van der Waals surface area contributed by atoms with E-state index in [9.17, 15) is 0 Å². The van der Waals surface area contributed by atoms with E-state index < -0.39 is 0 Å². The Hall–Kier alpha value is -1.55. The molecule has 5 heteroatoms. The number of nitrogen functional groups attached to an aromatic ring is 1. The first kappa shape index (κ1) is 12.5. The fourth-order valence-corrected chi connectivity index (χ4v) is 2.96. The lowest BCUT2D eigenvalue weighted by molar-refractivity contribution is 0.355. The molecule has 1 saturated carbocycles. The highest BCUT2D eigenvalue weighted by molar-refractivity contribution is 6.31. The molecule has 0 atom stereocenters. The molecule has 0 unspecified atom stereocenters. The molecule has 100 valence electrons. The largest absolute Gasteiger partial charge is 0.398 e. The van der Waals surface area contributed by atoms with Crippen LogP contribution in [0.15, 0.2) is 24.5 Å². The van der Waals surface area contributed by atoms with Gasteiger partial charge in [-0.1, -0.05) is 30.9 Å². The first-order valence-corrected chi connectivity index (χ1v) is 7.08. The number of benzene rings is 1. The van der Waals surface area contributed by atoms with Gasteiger partial charge in [-0.15, -0.1) is 10.2 Å². The van der Waals surface area contributed by atoms with Crippen LogP contribution in [0, 0.1) is 0 Å². The van der Waals surface area contributed by atoms with E-state index in [1.54, 1.807) is 6.07 Å². The lowest BCUT2D eigenvalue weighted by Gasteiger charge is -2.24. The molecule has 0 bridgehead atoms. The van der Waals surface area contributed by atoms with E-state index in [1.807, 2.05) is 18.5 Å². The zero-order valence-electron chi connectivity index (χ0n) is 10.7. The van der Waals surface area contributed by atoms with Gasteiger partial charge in [0.15, 0.2) is 5.82 Å². The van der Waals surface area contributed by atoms with E-state index in [-0.39, 0.29) is 0 Å². The second kappa shape index (κ2) is 5.21. The van der Waals surface area contributed by atoms with Gasteiger partial charge in [0, 0.05) is 22.3 Å². The molecular weight excluding hydrogens is 260 g/mol. The lowest BCUT2D eigenvalue weighted by Crippen LogP contribution is -2.13. The average molecular weight is 277 g/mol. The molecule has 1 aliphatic carbocycles. The minimum atomic E-state index is 0.483. The van der Waals surface area contributed by atoms with E-state index in [2.05, 4.69) is 14.8 Å². The summed E-state index contributed by atoms with van der Waals surface area (Å²) in [5, 5.41) is 8.97. The summed E-state index contributed by atoms with van der Waals surface area (Å²) >= 11 is 6.06. The SMILES string of the molecule is Nc1ccc(Cl)cc1-c1nncn1C1CCCCC1. The molecule has 1 fully saturated rings. The predicted molar refractivity (Wildman–Crippen MR) is 77.0 cm³/mol. The van der Waals surface area contributed by atoms with Crippen LogP contribution < -0.4 is 5.73 Å². The Bertz CT molecular complexity index is 573. The van der Waals surface area contributed by atoms with Crippen LogP contribution in [-0.2, 0) is 0 Å². The third-order valence-corrected chi connectivity index (χ3v) is 4.03. The molecule has 0 spiro atoms. The van der Waals surface area contributed by atoms with E-state index in [4.69, 9.17) is 17.3 Å². The van der Waals surface area contributed by atoms with E-state index in [0.29, 0.717) is 16.8 Å². The molecule has 19 heavy (non-hydrogen) atoms. The van der Waals surface area contributed by atoms with E-state index in [0.717, 1.165) is 11.4 Å². The van der Waals surface area contributed by atoms with Gasteiger partial charge < -0.3 is 10.3 Å². The maximum absolute atomic E-state index is 6.06. The van der Waals surface area contributed by atoms with Crippen molar-refractivity contribution in [2.45, 2.75) is 38.1 Å². The highest BCUT2D eigenvalue weighted by Crippen LogP contribution is 2.33. The van der Waals surface area contributed by atoms with Crippen LogP contribution in [-0.4, -0.2) is 14.8 Å². The van der Waals surface area contributed by atoms with Crippen molar-refractivity contribution < 1.29 is 0 Å². The van der Waals surface area contributed by atoms with Gasteiger partial charge in [-0.2, -0.15) is 0 Å². The average Bonchev–Trinajstić information content (AvgIpc) is 2.91. The number of nitrogens with zero attached hydrogens (tertiary/aromatic N) is 3. The minimum Gasteiger partial charge on any atom is -0.398 e. The monoisotopic (exact) mass is 276 g/mol. The Balaban J connectivity index is 2.01. The Morgan fingerprint density at radius 1 is 1.21 bits per heavy atom. The summed E-state index contributed by atoms with van der Waals surface area (Å²) < 4.78 is 2.15. The third-order valence-electron chi connectivity index (χ3n) is 3.80. The van der Waals surface area contributed by atoms with Gasteiger partial charge in [-0.25, -0.2) is 0 Å². The summed E-state index contributed by atoms with van der Waals surface area (Å²) in [6.07, 6.45) is 8.05. The van der Waals surface area contributed by atoms with E-state index in [1.165, 1.54) is 32.1 Å². The second-order valence-electron chi connectivity index (χ2n) is 5.09. The van der Waals surface area contributed by atoms with Crippen molar-refractivity contribution in [3.63, 3.8) is 0 Å². The first-order valence-electron chi connectivity index (χ1n) is 6.70. The fraction of sp³-hybridized carbons (Fsp3) is 0.429. The first-order chi connectivity index (χ1) is 9.25. The van der Waals surface area contributed by atoms with Crippen LogP contribution in [0.5, 0.6) is 0 Å². The topological polar surface area (TPSA) is 56.7 Å². The molecule has 0 amide bonds. The van der Waals surface area contributed by atoms with Crippen molar-refractivity contribution in [1.29, 1.82) is 0 Å². The van der Waals surface area contributed by atoms with Crippen LogP contribution in [0.25, 0.3) is 11.4 Å². The smallest absolute Gasteiger partial charge is 0.166 e. The number of anilines is 1. The molecule has 1 heterocycles. The molecular formula is C14H17ClN4. The summed E-state index contributed by atoms with van der Waals surface area (Å²) in [6.45, 7) is 0. The Labute approximate surface area is 117 Å². The molecule has 3 rings (SSSR count). The molecule has 2 aromatic rings. The van der Waals surface area contributed by atoms with Gasteiger partial charge in [-0.05, 0) is 31.0 Å². The van der Waals surface area contributed by atoms with Gasteiger partial charge in [0.25, 0.3) is 0 Å². The van der Waals surface area contributed by atoms with Crippen molar-refractivity contribution in [2.24, 2.45) is 0 Å². The maximum atomic E-state index is 6.06. The zero-order valence-corrected chi connectivity index (χ0v) is 11.5. The van der Waals surface area contributed by atoms with Gasteiger partial charge in [0.2, 0.25) is 0 Å². The molecule has 2 N–H and O–H groups in total. The number of nitrogens with two attached hydrogens (primary N) is 1. The number of rotatable bonds is 2. The molecule has 1 aromatic carbocycles. The minimum absolute atomic E-state index is 0.483. The zero-order chi connectivity index (χ0) is 13.2. The summed E-state index contributed by atoms with van der Waals surface area (Å²) in [4.78, 5) is 0. The molecule has 0 aliphatic heterocycles. The molecule has 1 aliphatic rings. The molecule has 0 radical (unpaired) electrons. The van der Waals surface area contributed by atoms with Gasteiger partial charge in [-0.3, -0.25) is 0 Å². The number of hydrogen-bond donors (Lipinski definition) is 1. The Kier molecular flexibility index (Phi) is 3.42. The number of halogens is 1. The lowest BCUT2D eigenvalue weighted by atomic mass is 9.95. The maximum Gasteiger partial charge on any atom is 0.166 e. The number of hydrogen-bond acceptors (Lipinski definition) is 3. The Morgan fingerprint density at radius 3 is 2.79 bits per heavy atom. The van der Waals surface area contributed by atoms with Crippen molar-refractivity contribution in [1.82, 2.24) is 14.8 Å². The van der Waals surface area contributed by atoms with E-state index >= 15 is 0 Å². The number of aromatic nitrogens is 3. The van der Waals surface area contributed by atoms with Crippen LogP contribution in [0.4, 0.5) is 5.69 Å². The van der Waals surface area contributed by atoms with Crippen molar-refractivity contribution in [3.05, 3.63) is 29.5 Å². The standard InChI is InChI=1S/C14H17ClN4/c15-10-6-7-13(16)12(8-10)14-18-17-9-19(14)11-4-2-1-3-5-11/h6-9,11H,1-5,16H2. The summed E-state index contributed by atoms with van der Waals surface area (Å²) in [6, 6.07) is 5.96. The van der Waals surface area contributed by atoms with Crippen LogP contribution in [0.2, 0.25) is 5.02 Å². The van der Waals surface area contributed by atoms with Gasteiger partial charge in [0.1, 0.15) is 6.33 Å². The second-order valence-corrected chi connectivity index (χ2v) is 5.52. The fourth-order valence-electron chi connectivity index (χ4n) is 2.78. The highest BCUT2D eigenvalue weighted by atomic mass is 35.5. The van der Waals surface area contributed by atoms with Crippen molar-refractivity contribution in [2.75, 3.05) is 5.73 Å². The normalized spacial score (nSPS) is 16.7. The summed E-state index contributed by atoms with van der Waals surface area (Å²) in [5.41, 5.74) is 7.60.